The van der Waals surface area contributed by atoms with Crippen LogP contribution in [0.5, 0.6) is 0 Å². The van der Waals surface area contributed by atoms with Gasteiger partial charge in [-0.25, -0.2) is 0 Å². The lowest BCUT2D eigenvalue weighted by Crippen LogP contribution is -2.44. The second-order valence-corrected chi connectivity index (χ2v) is 4.86. The van der Waals surface area contributed by atoms with Crippen molar-refractivity contribution in [2.75, 3.05) is 46.0 Å². The summed E-state index contributed by atoms with van der Waals surface area (Å²) in [5.74, 6) is -0.0646. The molecule has 0 atom stereocenters. The molecule has 1 aliphatic heterocycles. The van der Waals surface area contributed by atoms with E-state index in [1.165, 1.54) is 0 Å². The van der Waals surface area contributed by atoms with Crippen molar-refractivity contribution in [2.45, 2.75) is 19.3 Å². The molecular formula is C13H25N3O4. The first kappa shape index (κ1) is 16.9. The summed E-state index contributed by atoms with van der Waals surface area (Å²) < 4.78 is 5.12. The number of nitrogens with two attached hydrogens (primary N) is 1. The molecule has 0 unspecified atom stereocenters. The number of amides is 2. The highest BCUT2D eigenvalue weighted by molar-refractivity contribution is 5.80. The van der Waals surface area contributed by atoms with Gasteiger partial charge in [0.05, 0.1) is 6.61 Å². The standard InChI is InChI=1S/C13H25N3O4/c14-4-9-20-10-12(18)16-6-2-11(3-7-16)13(19)15-5-1-8-17/h11,17H,1-10,14H2,(H,15,19). The zero-order valence-corrected chi connectivity index (χ0v) is 11.8. The van der Waals surface area contributed by atoms with Crippen molar-refractivity contribution in [3.63, 3.8) is 0 Å². The van der Waals surface area contributed by atoms with Crippen LogP contribution < -0.4 is 11.1 Å². The fraction of sp³-hybridized carbons (Fsp3) is 0.846. The summed E-state index contributed by atoms with van der Waals surface area (Å²) in [7, 11) is 0. The minimum atomic E-state index is -0.0439. The third kappa shape index (κ3) is 5.85. The molecule has 4 N–H and O–H groups in total. The van der Waals surface area contributed by atoms with E-state index in [1.807, 2.05) is 0 Å². The number of piperidine rings is 1. The van der Waals surface area contributed by atoms with Crippen LogP contribution in [0.2, 0.25) is 0 Å². The van der Waals surface area contributed by atoms with Gasteiger partial charge in [0.15, 0.2) is 0 Å². The van der Waals surface area contributed by atoms with Crippen LogP contribution in [-0.2, 0) is 14.3 Å². The topological polar surface area (TPSA) is 105 Å². The van der Waals surface area contributed by atoms with E-state index in [0.717, 1.165) is 0 Å². The molecule has 116 valence electrons. The normalized spacial score (nSPS) is 16.2. The second-order valence-electron chi connectivity index (χ2n) is 4.86. The van der Waals surface area contributed by atoms with E-state index < -0.39 is 0 Å². The predicted molar refractivity (Wildman–Crippen MR) is 73.9 cm³/mol. The molecule has 0 saturated carbocycles. The number of carbonyl (C=O) groups excluding carboxylic acids is 2. The molecule has 1 aliphatic rings. The Morgan fingerprint density at radius 3 is 2.65 bits per heavy atom. The first-order valence-corrected chi connectivity index (χ1v) is 7.13. The number of nitrogens with zero attached hydrogens (tertiary/aromatic N) is 1. The molecule has 0 bridgehead atoms. The van der Waals surface area contributed by atoms with Crippen molar-refractivity contribution < 1.29 is 19.4 Å². The highest BCUT2D eigenvalue weighted by Crippen LogP contribution is 2.17. The predicted octanol–water partition coefficient (Wildman–Crippen LogP) is -1.30. The monoisotopic (exact) mass is 287 g/mol. The number of rotatable bonds is 8. The largest absolute Gasteiger partial charge is 0.396 e. The zero-order chi connectivity index (χ0) is 14.8. The lowest BCUT2D eigenvalue weighted by Gasteiger charge is -2.31. The van der Waals surface area contributed by atoms with Gasteiger partial charge in [-0.1, -0.05) is 0 Å². The van der Waals surface area contributed by atoms with E-state index in [9.17, 15) is 9.59 Å². The zero-order valence-electron chi connectivity index (χ0n) is 11.8. The Balaban J connectivity index is 2.21. The fourth-order valence-corrected chi connectivity index (χ4v) is 2.16. The van der Waals surface area contributed by atoms with Crippen LogP contribution in [-0.4, -0.2) is 67.8 Å². The number of aliphatic hydroxyl groups is 1. The molecule has 0 aromatic carbocycles. The molecule has 1 fully saturated rings. The summed E-state index contributed by atoms with van der Waals surface area (Å²) >= 11 is 0. The Morgan fingerprint density at radius 1 is 1.35 bits per heavy atom. The first-order chi connectivity index (χ1) is 9.69. The lowest BCUT2D eigenvalue weighted by molar-refractivity contribution is -0.139. The van der Waals surface area contributed by atoms with Crippen LogP contribution in [0.4, 0.5) is 0 Å². The summed E-state index contributed by atoms with van der Waals surface area (Å²) in [6.07, 6.45) is 1.92. The van der Waals surface area contributed by atoms with E-state index >= 15 is 0 Å². The van der Waals surface area contributed by atoms with E-state index in [0.29, 0.717) is 52.0 Å². The molecule has 0 aromatic rings. The van der Waals surface area contributed by atoms with Gasteiger partial charge in [0, 0.05) is 38.7 Å². The number of nitrogens with one attached hydrogen (secondary N) is 1. The molecule has 7 heteroatoms. The Kier molecular flexibility index (Phi) is 8.17. The van der Waals surface area contributed by atoms with Gasteiger partial charge in [-0.15, -0.1) is 0 Å². The van der Waals surface area contributed by atoms with E-state index in [1.54, 1.807) is 4.90 Å². The highest BCUT2D eigenvalue weighted by atomic mass is 16.5. The van der Waals surface area contributed by atoms with Crippen molar-refractivity contribution in [3.8, 4) is 0 Å². The molecule has 1 rings (SSSR count). The van der Waals surface area contributed by atoms with Crippen molar-refractivity contribution in [1.82, 2.24) is 10.2 Å². The third-order valence-corrected chi connectivity index (χ3v) is 3.34. The molecule has 7 nitrogen and oxygen atoms in total. The Bertz CT molecular complexity index is 274. The minimum absolute atomic E-state index is 0.0185. The van der Waals surface area contributed by atoms with Gasteiger partial charge in [0.2, 0.25) is 11.8 Å². The summed E-state index contributed by atoms with van der Waals surface area (Å²) in [5, 5.41) is 11.5. The summed E-state index contributed by atoms with van der Waals surface area (Å²) in [5.41, 5.74) is 5.28. The van der Waals surface area contributed by atoms with Gasteiger partial charge in [-0.2, -0.15) is 0 Å². The number of ether oxygens (including phenoxy) is 1. The van der Waals surface area contributed by atoms with Crippen LogP contribution in [0.25, 0.3) is 0 Å². The summed E-state index contributed by atoms with van der Waals surface area (Å²) in [6.45, 7) is 2.60. The Hall–Kier alpha value is -1.18. The number of aliphatic hydroxyl groups excluding tert-OH is 1. The molecule has 1 heterocycles. The highest BCUT2D eigenvalue weighted by Gasteiger charge is 2.26. The SMILES string of the molecule is NCCOCC(=O)N1CCC(C(=O)NCCCO)CC1. The van der Waals surface area contributed by atoms with Crippen LogP contribution in [0.15, 0.2) is 0 Å². The van der Waals surface area contributed by atoms with Crippen molar-refractivity contribution >= 4 is 11.8 Å². The Labute approximate surface area is 119 Å². The van der Waals surface area contributed by atoms with Crippen molar-refractivity contribution in [3.05, 3.63) is 0 Å². The number of likely N-dealkylation sites (tertiary alicyclic amines) is 1. The van der Waals surface area contributed by atoms with Gasteiger partial charge >= 0.3 is 0 Å². The molecular weight excluding hydrogens is 262 g/mol. The molecule has 0 aromatic heterocycles. The van der Waals surface area contributed by atoms with Crippen molar-refractivity contribution in [1.29, 1.82) is 0 Å². The van der Waals surface area contributed by atoms with Crippen LogP contribution >= 0.6 is 0 Å². The quantitative estimate of drug-likeness (QED) is 0.481. The van der Waals surface area contributed by atoms with Crippen LogP contribution in [0.1, 0.15) is 19.3 Å². The van der Waals surface area contributed by atoms with Gasteiger partial charge in [0.1, 0.15) is 6.61 Å². The fourth-order valence-electron chi connectivity index (χ4n) is 2.16. The first-order valence-electron chi connectivity index (χ1n) is 7.13. The number of hydrogen-bond donors (Lipinski definition) is 3. The average Bonchev–Trinajstić information content (AvgIpc) is 2.47. The maximum atomic E-state index is 11.8. The minimum Gasteiger partial charge on any atom is -0.396 e. The smallest absolute Gasteiger partial charge is 0.248 e. The molecule has 20 heavy (non-hydrogen) atoms. The van der Waals surface area contributed by atoms with Gasteiger partial charge in [-0.05, 0) is 19.3 Å². The van der Waals surface area contributed by atoms with Crippen LogP contribution in [0.3, 0.4) is 0 Å². The van der Waals surface area contributed by atoms with Gasteiger partial charge in [0.25, 0.3) is 0 Å². The molecule has 0 aliphatic carbocycles. The molecule has 0 radical (unpaired) electrons. The Morgan fingerprint density at radius 2 is 2.05 bits per heavy atom. The van der Waals surface area contributed by atoms with Crippen molar-refractivity contribution in [2.24, 2.45) is 11.7 Å². The second kappa shape index (κ2) is 9.68. The molecule has 1 saturated heterocycles. The number of hydrogen-bond acceptors (Lipinski definition) is 5. The van der Waals surface area contributed by atoms with E-state index in [4.69, 9.17) is 15.6 Å². The maximum absolute atomic E-state index is 11.8. The summed E-state index contributed by atoms with van der Waals surface area (Å²) in [6, 6.07) is 0. The summed E-state index contributed by atoms with van der Waals surface area (Å²) in [4.78, 5) is 25.3. The number of carbonyl (C=O) groups is 2. The third-order valence-electron chi connectivity index (χ3n) is 3.34. The van der Waals surface area contributed by atoms with E-state index in [2.05, 4.69) is 5.32 Å². The molecule has 0 spiro atoms. The maximum Gasteiger partial charge on any atom is 0.248 e. The molecule has 2 amide bonds. The average molecular weight is 287 g/mol. The van der Waals surface area contributed by atoms with Crippen LogP contribution in [0, 0.1) is 5.92 Å². The van der Waals surface area contributed by atoms with Gasteiger partial charge < -0.3 is 25.8 Å². The van der Waals surface area contributed by atoms with Gasteiger partial charge in [-0.3, -0.25) is 9.59 Å². The lowest BCUT2D eigenvalue weighted by atomic mass is 9.96. The van der Waals surface area contributed by atoms with E-state index in [-0.39, 0.29) is 30.9 Å².